The number of rotatable bonds is 7. The maximum absolute atomic E-state index is 12.3. The Hall–Kier alpha value is -1.70. The predicted molar refractivity (Wildman–Crippen MR) is 69.7 cm³/mol. The second kappa shape index (κ2) is 8.47. The molecule has 0 atom stereocenters. The highest BCUT2D eigenvalue weighted by Gasteiger charge is 2.16. The van der Waals surface area contributed by atoms with E-state index in [1.807, 2.05) is 0 Å². The summed E-state index contributed by atoms with van der Waals surface area (Å²) in [7, 11) is 1.28. The number of esters is 1. The lowest BCUT2D eigenvalue weighted by atomic mass is 10.2. The number of hydrogen-bond acceptors (Lipinski definition) is 5. The van der Waals surface area contributed by atoms with Crippen molar-refractivity contribution in [1.82, 2.24) is 10.3 Å². The summed E-state index contributed by atoms with van der Waals surface area (Å²) < 4.78 is 29.1. The Morgan fingerprint density at radius 2 is 2.25 bits per heavy atom. The Balaban J connectivity index is 2.53. The number of carbonyl (C=O) groups is 2. The van der Waals surface area contributed by atoms with Crippen molar-refractivity contribution >= 4 is 23.6 Å². The van der Waals surface area contributed by atoms with Gasteiger partial charge in [0.1, 0.15) is 5.03 Å². The Morgan fingerprint density at radius 1 is 1.50 bits per heavy atom. The third-order valence-electron chi connectivity index (χ3n) is 2.29. The average Bonchev–Trinajstić information content (AvgIpc) is 2.43. The number of pyridine rings is 1. The van der Waals surface area contributed by atoms with Crippen LogP contribution in [0.15, 0.2) is 23.4 Å². The standard InChI is InChI=1S/C12H14F2N2O3S/c1-19-9(17)5-3-6-15-10(18)8-4-2-7-16-11(8)20-12(13)14/h2,4,7,12H,3,5-6H2,1H3,(H,15,18). The fourth-order valence-corrected chi connectivity index (χ4v) is 1.95. The van der Waals surface area contributed by atoms with E-state index >= 15 is 0 Å². The topological polar surface area (TPSA) is 68.3 Å². The largest absolute Gasteiger partial charge is 0.469 e. The second-order valence-corrected chi connectivity index (χ2v) is 4.65. The van der Waals surface area contributed by atoms with E-state index in [9.17, 15) is 18.4 Å². The molecule has 20 heavy (non-hydrogen) atoms. The molecule has 0 saturated carbocycles. The molecule has 1 amide bonds. The highest BCUT2D eigenvalue weighted by atomic mass is 32.2. The number of thioether (sulfide) groups is 1. The second-order valence-electron chi connectivity index (χ2n) is 3.67. The molecule has 0 aromatic carbocycles. The van der Waals surface area contributed by atoms with Crippen molar-refractivity contribution in [1.29, 1.82) is 0 Å². The van der Waals surface area contributed by atoms with Gasteiger partial charge in [-0.3, -0.25) is 9.59 Å². The molecule has 5 nitrogen and oxygen atoms in total. The zero-order chi connectivity index (χ0) is 15.0. The van der Waals surface area contributed by atoms with Gasteiger partial charge in [0.05, 0.1) is 12.7 Å². The van der Waals surface area contributed by atoms with E-state index in [0.717, 1.165) is 0 Å². The van der Waals surface area contributed by atoms with Gasteiger partial charge in [-0.25, -0.2) is 4.98 Å². The number of carbonyl (C=O) groups excluding carboxylic acids is 2. The predicted octanol–water partition coefficient (Wildman–Crippen LogP) is 2.08. The number of nitrogens with one attached hydrogen (secondary N) is 1. The first-order chi connectivity index (χ1) is 9.54. The van der Waals surface area contributed by atoms with Crippen LogP contribution in [0.1, 0.15) is 23.2 Å². The number of nitrogens with zero attached hydrogens (tertiary/aromatic N) is 1. The molecule has 0 aliphatic carbocycles. The summed E-state index contributed by atoms with van der Waals surface area (Å²) in [6.07, 6.45) is 1.94. The molecule has 0 aliphatic heterocycles. The molecular weight excluding hydrogens is 290 g/mol. The first kappa shape index (κ1) is 16.4. The fourth-order valence-electron chi connectivity index (χ4n) is 1.37. The van der Waals surface area contributed by atoms with E-state index < -0.39 is 11.7 Å². The molecule has 8 heteroatoms. The molecule has 1 N–H and O–H groups in total. The molecule has 0 aliphatic rings. The quantitative estimate of drug-likeness (QED) is 0.474. The summed E-state index contributed by atoms with van der Waals surface area (Å²) in [6.45, 7) is 0.252. The molecule has 1 aromatic rings. The SMILES string of the molecule is COC(=O)CCCNC(=O)c1cccnc1SC(F)F. The first-order valence-corrected chi connectivity index (χ1v) is 6.67. The molecule has 1 aromatic heterocycles. The molecule has 0 bridgehead atoms. The number of ether oxygens (including phenoxy) is 1. The summed E-state index contributed by atoms with van der Waals surface area (Å²) in [4.78, 5) is 26.5. The monoisotopic (exact) mass is 304 g/mol. The van der Waals surface area contributed by atoms with Gasteiger partial charge in [0.25, 0.3) is 11.7 Å². The fraction of sp³-hybridized carbons (Fsp3) is 0.417. The van der Waals surface area contributed by atoms with Crippen LogP contribution < -0.4 is 5.32 Å². The molecule has 0 unspecified atom stereocenters. The van der Waals surface area contributed by atoms with Crippen molar-refractivity contribution < 1.29 is 23.1 Å². The molecule has 0 radical (unpaired) electrons. The van der Waals surface area contributed by atoms with Crippen LogP contribution in [0, 0.1) is 0 Å². The summed E-state index contributed by atoms with van der Waals surface area (Å²) in [5, 5.41) is 2.53. The normalized spacial score (nSPS) is 10.4. The summed E-state index contributed by atoms with van der Waals surface area (Å²) in [6, 6.07) is 2.92. The van der Waals surface area contributed by atoms with E-state index in [-0.39, 0.29) is 41.3 Å². The van der Waals surface area contributed by atoms with E-state index in [1.165, 1.54) is 25.4 Å². The van der Waals surface area contributed by atoms with Gasteiger partial charge in [-0.15, -0.1) is 0 Å². The minimum Gasteiger partial charge on any atom is -0.469 e. The average molecular weight is 304 g/mol. The smallest absolute Gasteiger partial charge is 0.305 e. The van der Waals surface area contributed by atoms with Gasteiger partial charge in [0, 0.05) is 19.2 Å². The van der Waals surface area contributed by atoms with Gasteiger partial charge in [-0.2, -0.15) is 8.78 Å². The minimum atomic E-state index is -2.64. The summed E-state index contributed by atoms with van der Waals surface area (Å²) in [5.74, 6) is -3.50. The van der Waals surface area contributed by atoms with Crippen LogP contribution in [0.25, 0.3) is 0 Å². The molecule has 1 rings (SSSR count). The van der Waals surface area contributed by atoms with Crippen LogP contribution in [0.2, 0.25) is 0 Å². The van der Waals surface area contributed by atoms with Crippen molar-refractivity contribution in [3.05, 3.63) is 23.9 Å². The van der Waals surface area contributed by atoms with E-state index in [1.54, 1.807) is 0 Å². The third-order valence-corrected chi connectivity index (χ3v) is 3.01. The molecule has 110 valence electrons. The van der Waals surface area contributed by atoms with Crippen molar-refractivity contribution in [2.75, 3.05) is 13.7 Å². The number of aromatic nitrogens is 1. The van der Waals surface area contributed by atoms with Crippen LogP contribution in [0.5, 0.6) is 0 Å². The van der Waals surface area contributed by atoms with Gasteiger partial charge >= 0.3 is 5.97 Å². The van der Waals surface area contributed by atoms with Crippen molar-refractivity contribution in [3.8, 4) is 0 Å². The highest BCUT2D eigenvalue weighted by Crippen LogP contribution is 2.26. The number of hydrogen-bond donors (Lipinski definition) is 1. The van der Waals surface area contributed by atoms with Crippen molar-refractivity contribution in [2.45, 2.75) is 23.6 Å². The summed E-state index contributed by atoms with van der Waals surface area (Å²) >= 11 is 0.222. The zero-order valence-electron chi connectivity index (χ0n) is 10.8. The van der Waals surface area contributed by atoms with Crippen molar-refractivity contribution in [2.24, 2.45) is 0 Å². The van der Waals surface area contributed by atoms with Gasteiger partial charge < -0.3 is 10.1 Å². The number of halogens is 2. The van der Waals surface area contributed by atoms with Gasteiger partial charge in [0.2, 0.25) is 0 Å². The molecular formula is C12H14F2N2O3S. The third kappa shape index (κ3) is 5.52. The minimum absolute atomic E-state index is 0.0204. The Morgan fingerprint density at radius 3 is 2.90 bits per heavy atom. The first-order valence-electron chi connectivity index (χ1n) is 5.79. The molecule has 0 fully saturated rings. The number of methoxy groups -OCH3 is 1. The van der Waals surface area contributed by atoms with Crippen LogP contribution in [0.3, 0.4) is 0 Å². The lowest BCUT2D eigenvalue weighted by molar-refractivity contribution is -0.140. The van der Waals surface area contributed by atoms with Crippen molar-refractivity contribution in [3.63, 3.8) is 0 Å². The van der Waals surface area contributed by atoms with Gasteiger partial charge in [-0.05, 0) is 30.3 Å². The van der Waals surface area contributed by atoms with Crippen LogP contribution >= 0.6 is 11.8 Å². The maximum atomic E-state index is 12.3. The molecule has 0 spiro atoms. The Kier molecular flexibility index (Phi) is 6.92. The lowest BCUT2D eigenvalue weighted by Gasteiger charge is -2.08. The number of alkyl halides is 2. The lowest BCUT2D eigenvalue weighted by Crippen LogP contribution is -2.25. The summed E-state index contributed by atoms with van der Waals surface area (Å²) in [5.41, 5.74) is 0.0934. The van der Waals surface area contributed by atoms with Gasteiger partial charge in [-0.1, -0.05) is 0 Å². The van der Waals surface area contributed by atoms with E-state index in [2.05, 4.69) is 15.0 Å². The van der Waals surface area contributed by atoms with Gasteiger partial charge in [0.15, 0.2) is 0 Å². The zero-order valence-corrected chi connectivity index (χ0v) is 11.6. The molecule has 1 heterocycles. The van der Waals surface area contributed by atoms with Crippen LogP contribution in [-0.2, 0) is 9.53 Å². The Bertz CT molecular complexity index is 472. The van der Waals surface area contributed by atoms with E-state index in [0.29, 0.717) is 6.42 Å². The number of amides is 1. The maximum Gasteiger partial charge on any atom is 0.305 e. The Labute approximate surface area is 119 Å². The highest BCUT2D eigenvalue weighted by molar-refractivity contribution is 7.99. The van der Waals surface area contributed by atoms with Crippen LogP contribution in [0.4, 0.5) is 8.78 Å². The van der Waals surface area contributed by atoms with Crippen LogP contribution in [-0.4, -0.2) is 36.3 Å². The molecule has 0 saturated heterocycles. The van der Waals surface area contributed by atoms with E-state index in [4.69, 9.17) is 0 Å².